The molecular formula is C16H21N3. The second-order valence-corrected chi connectivity index (χ2v) is 4.83. The van der Waals surface area contributed by atoms with Gasteiger partial charge in [0.2, 0.25) is 0 Å². The van der Waals surface area contributed by atoms with E-state index in [0.29, 0.717) is 0 Å². The number of benzene rings is 1. The molecule has 1 aromatic heterocycles. The van der Waals surface area contributed by atoms with Gasteiger partial charge in [0.1, 0.15) is 0 Å². The minimum Gasteiger partial charge on any atom is -0.396 e. The van der Waals surface area contributed by atoms with Gasteiger partial charge in [0.15, 0.2) is 5.82 Å². The lowest BCUT2D eigenvalue weighted by molar-refractivity contribution is 0.756. The summed E-state index contributed by atoms with van der Waals surface area (Å²) in [6.45, 7) is 5.97. The van der Waals surface area contributed by atoms with Crippen LogP contribution in [-0.2, 0) is 6.54 Å². The Balaban J connectivity index is 2.24. The maximum absolute atomic E-state index is 6.10. The first kappa shape index (κ1) is 13.4. The van der Waals surface area contributed by atoms with E-state index in [2.05, 4.69) is 41.1 Å². The Bertz CT molecular complexity index is 523. The fraction of sp³-hybridized carbons (Fsp3) is 0.312. The first-order valence-electron chi connectivity index (χ1n) is 6.71. The number of nitrogens with two attached hydrogens (primary N) is 1. The molecule has 0 spiro atoms. The number of rotatable bonds is 5. The minimum atomic E-state index is 0.754. The monoisotopic (exact) mass is 255 g/mol. The van der Waals surface area contributed by atoms with Gasteiger partial charge in [-0.3, -0.25) is 0 Å². The van der Waals surface area contributed by atoms with Crippen molar-refractivity contribution in [2.24, 2.45) is 0 Å². The summed E-state index contributed by atoms with van der Waals surface area (Å²) >= 11 is 0. The number of aromatic nitrogens is 1. The average Bonchev–Trinajstić information content (AvgIpc) is 2.39. The highest BCUT2D eigenvalue weighted by molar-refractivity contribution is 5.63. The standard InChI is InChI=1S/C16H21N3/c1-3-9-19(12-14-7-5-4-6-8-14)16-15(17)10-13(2)11-18-16/h4-8,10-11H,3,9,12,17H2,1-2H3. The molecule has 0 unspecified atom stereocenters. The molecule has 0 fully saturated rings. The zero-order chi connectivity index (χ0) is 13.7. The summed E-state index contributed by atoms with van der Waals surface area (Å²) < 4.78 is 0. The Kier molecular flexibility index (Phi) is 4.39. The lowest BCUT2D eigenvalue weighted by Gasteiger charge is -2.24. The van der Waals surface area contributed by atoms with Crippen molar-refractivity contribution in [3.63, 3.8) is 0 Å². The molecule has 0 atom stereocenters. The Morgan fingerprint density at radius 2 is 1.95 bits per heavy atom. The van der Waals surface area contributed by atoms with Crippen LogP contribution in [0.1, 0.15) is 24.5 Å². The average molecular weight is 255 g/mol. The van der Waals surface area contributed by atoms with Gasteiger partial charge in [0, 0.05) is 19.3 Å². The van der Waals surface area contributed by atoms with Crippen LogP contribution >= 0.6 is 0 Å². The van der Waals surface area contributed by atoms with Crippen molar-refractivity contribution in [2.75, 3.05) is 17.2 Å². The zero-order valence-electron chi connectivity index (χ0n) is 11.6. The van der Waals surface area contributed by atoms with Crippen LogP contribution in [0.5, 0.6) is 0 Å². The molecule has 0 amide bonds. The van der Waals surface area contributed by atoms with Gasteiger partial charge in [-0.05, 0) is 30.5 Å². The van der Waals surface area contributed by atoms with E-state index in [-0.39, 0.29) is 0 Å². The van der Waals surface area contributed by atoms with Gasteiger partial charge in [-0.15, -0.1) is 0 Å². The fourth-order valence-corrected chi connectivity index (χ4v) is 2.18. The van der Waals surface area contributed by atoms with E-state index in [1.54, 1.807) is 0 Å². The van der Waals surface area contributed by atoms with Gasteiger partial charge in [-0.25, -0.2) is 4.98 Å². The Morgan fingerprint density at radius 3 is 2.58 bits per heavy atom. The number of hydrogen-bond donors (Lipinski definition) is 1. The van der Waals surface area contributed by atoms with E-state index in [9.17, 15) is 0 Å². The summed E-state index contributed by atoms with van der Waals surface area (Å²) in [5.74, 6) is 0.885. The third kappa shape index (κ3) is 3.47. The predicted molar refractivity (Wildman–Crippen MR) is 81.2 cm³/mol. The Hall–Kier alpha value is -2.03. The second kappa shape index (κ2) is 6.23. The summed E-state index contributed by atoms with van der Waals surface area (Å²) in [4.78, 5) is 6.73. The van der Waals surface area contributed by atoms with Gasteiger partial charge in [-0.2, -0.15) is 0 Å². The van der Waals surface area contributed by atoms with E-state index in [1.807, 2.05) is 25.3 Å². The third-order valence-electron chi connectivity index (χ3n) is 3.04. The molecule has 0 aliphatic carbocycles. The SMILES string of the molecule is CCCN(Cc1ccccc1)c1ncc(C)cc1N. The van der Waals surface area contributed by atoms with E-state index < -0.39 is 0 Å². The van der Waals surface area contributed by atoms with Crippen LogP contribution in [-0.4, -0.2) is 11.5 Å². The molecule has 3 heteroatoms. The van der Waals surface area contributed by atoms with Crippen molar-refractivity contribution >= 4 is 11.5 Å². The topological polar surface area (TPSA) is 42.2 Å². The van der Waals surface area contributed by atoms with Gasteiger partial charge in [-0.1, -0.05) is 37.3 Å². The molecule has 0 bridgehead atoms. The third-order valence-corrected chi connectivity index (χ3v) is 3.04. The number of aryl methyl sites for hydroxylation is 1. The minimum absolute atomic E-state index is 0.754. The van der Waals surface area contributed by atoms with Crippen molar-refractivity contribution in [3.05, 3.63) is 53.7 Å². The van der Waals surface area contributed by atoms with Gasteiger partial charge in [0.05, 0.1) is 5.69 Å². The normalized spacial score (nSPS) is 10.4. The second-order valence-electron chi connectivity index (χ2n) is 4.83. The maximum atomic E-state index is 6.10. The highest BCUT2D eigenvalue weighted by atomic mass is 15.2. The number of anilines is 2. The summed E-state index contributed by atoms with van der Waals surface area (Å²) in [7, 11) is 0. The zero-order valence-corrected chi connectivity index (χ0v) is 11.6. The van der Waals surface area contributed by atoms with Crippen molar-refractivity contribution in [3.8, 4) is 0 Å². The number of pyridine rings is 1. The Labute approximate surface area is 115 Å². The largest absolute Gasteiger partial charge is 0.396 e. The molecule has 1 heterocycles. The number of hydrogen-bond acceptors (Lipinski definition) is 3. The summed E-state index contributed by atoms with van der Waals surface area (Å²) in [6.07, 6.45) is 2.95. The molecule has 19 heavy (non-hydrogen) atoms. The van der Waals surface area contributed by atoms with E-state index in [1.165, 1.54) is 5.56 Å². The van der Waals surface area contributed by atoms with Crippen LogP contribution in [0.2, 0.25) is 0 Å². The quantitative estimate of drug-likeness (QED) is 0.890. The van der Waals surface area contributed by atoms with Crippen LogP contribution in [0.3, 0.4) is 0 Å². The van der Waals surface area contributed by atoms with Gasteiger partial charge >= 0.3 is 0 Å². The van der Waals surface area contributed by atoms with Gasteiger partial charge in [0.25, 0.3) is 0 Å². The molecule has 1 aromatic carbocycles. The highest BCUT2D eigenvalue weighted by Gasteiger charge is 2.11. The molecule has 0 saturated heterocycles. The first-order chi connectivity index (χ1) is 9.20. The molecule has 0 saturated carbocycles. The van der Waals surface area contributed by atoms with Crippen molar-refractivity contribution in [1.82, 2.24) is 4.98 Å². The summed E-state index contributed by atoms with van der Waals surface area (Å²) in [6, 6.07) is 12.4. The number of nitrogens with zero attached hydrogens (tertiary/aromatic N) is 2. The lowest BCUT2D eigenvalue weighted by atomic mass is 10.2. The van der Waals surface area contributed by atoms with Crippen LogP contribution in [0, 0.1) is 6.92 Å². The summed E-state index contributed by atoms with van der Waals surface area (Å²) in [5.41, 5.74) is 9.23. The van der Waals surface area contributed by atoms with Crippen molar-refractivity contribution in [1.29, 1.82) is 0 Å². The molecule has 0 aliphatic heterocycles. The maximum Gasteiger partial charge on any atom is 0.152 e. The van der Waals surface area contributed by atoms with E-state index in [4.69, 9.17) is 5.73 Å². The smallest absolute Gasteiger partial charge is 0.152 e. The Morgan fingerprint density at radius 1 is 1.21 bits per heavy atom. The molecule has 0 aliphatic rings. The van der Waals surface area contributed by atoms with Crippen LogP contribution < -0.4 is 10.6 Å². The molecule has 0 radical (unpaired) electrons. The molecule has 2 aromatic rings. The first-order valence-corrected chi connectivity index (χ1v) is 6.71. The molecule has 2 N–H and O–H groups in total. The lowest BCUT2D eigenvalue weighted by Crippen LogP contribution is -2.25. The highest BCUT2D eigenvalue weighted by Crippen LogP contribution is 2.23. The molecule has 100 valence electrons. The van der Waals surface area contributed by atoms with Crippen LogP contribution in [0.15, 0.2) is 42.6 Å². The van der Waals surface area contributed by atoms with Crippen LogP contribution in [0.4, 0.5) is 11.5 Å². The predicted octanol–water partition coefficient (Wildman–Crippen LogP) is 3.39. The fourth-order valence-electron chi connectivity index (χ4n) is 2.18. The molecular weight excluding hydrogens is 234 g/mol. The molecule has 3 nitrogen and oxygen atoms in total. The number of nitrogen functional groups attached to an aromatic ring is 1. The molecule has 2 rings (SSSR count). The van der Waals surface area contributed by atoms with Gasteiger partial charge < -0.3 is 10.6 Å². The van der Waals surface area contributed by atoms with Crippen LogP contribution in [0.25, 0.3) is 0 Å². The summed E-state index contributed by atoms with van der Waals surface area (Å²) in [5, 5.41) is 0. The van der Waals surface area contributed by atoms with E-state index in [0.717, 1.165) is 36.6 Å². The van der Waals surface area contributed by atoms with E-state index >= 15 is 0 Å². The van der Waals surface area contributed by atoms with Crippen molar-refractivity contribution < 1.29 is 0 Å². The van der Waals surface area contributed by atoms with Crippen molar-refractivity contribution in [2.45, 2.75) is 26.8 Å².